The Morgan fingerprint density at radius 3 is 2.44 bits per heavy atom. The van der Waals surface area contributed by atoms with E-state index in [-0.39, 0.29) is 12.3 Å². The van der Waals surface area contributed by atoms with Gasteiger partial charge in [-0.3, -0.25) is 0 Å². The van der Waals surface area contributed by atoms with Crippen molar-refractivity contribution in [2.75, 3.05) is 18.6 Å². The van der Waals surface area contributed by atoms with E-state index in [0.717, 1.165) is 6.26 Å². The summed E-state index contributed by atoms with van der Waals surface area (Å²) in [5.74, 6) is -0.891. The fraction of sp³-hybridized carbons (Fsp3) is 0.455. The zero-order chi connectivity index (χ0) is 13.9. The van der Waals surface area contributed by atoms with Crippen molar-refractivity contribution in [3.8, 4) is 0 Å². The second kappa shape index (κ2) is 6.21. The number of hydrogen-bond acceptors (Lipinski definition) is 4. The molecule has 0 aliphatic heterocycles. The molecule has 1 rings (SSSR count). The molecular formula is C11H15Cl2NO3S. The molecule has 0 saturated heterocycles. The van der Waals surface area contributed by atoms with Crippen molar-refractivity contribution in [1.29, 1.82) is 0 Å². The molecule has 0 amide bonds. The van der Waals surface area contributed by atoms with Crippen LogP contribution in [-0.4, -0.2) is 38.2 Å². The Morgan fingerprint density at radius 1 is 1.39 bits per heavy atom. The smallest absolute Gasteiger partial charge is 0.150 e. The summed E-state index contributed by atoms with van der Waals surface area (Å²) in [6.07, 6.45) is -0.0311. The van der Waals surface area contributed by atoms with Crippen LogP contribution in [0.1, 0.15) is 11.5 Å². The maximum atomic E-state index is 11.2. The summed E-state index contributed by atoms with van der Waals surface area (Å²) in [7, 11) is -3.28. The summed E-state index contributed by atoms with van der Waals surface area (Å²) in [4.78, 5) is 0. The summed E-state index contributed by atoms with van der Waals surface area (Å²) >= 11 is 11.8. The van der Waals surface area contributed by atoms with Gasteiger partial charge in [0.15, 0.2) is 0 Å². The third-order valence-electron chi connectivity index (χ3n) is 2.55. The van der Waals surface area contributed by atoms with Crippen LogP contribution < -0.4 is 5.73 Å². The third-order valence-corrected chi connectivity index (χ3v) is 4.06. The number of sulfone groups is 1. The molecule has 0 saturated carbocycles. The molecule has 3 N–H and O–H groups in total. The molecule has 0 fully saturated rings. The lowest BCUT2D eigenvalue weighted by atomic mass is 9.94. The fourth-order valence-corrected chi connectivity index (χ4v) is 3.12. The normalized spacial score (nSPS) is 15.4. The highest BCUT2D eigenvalue weighted by molar-refractivity contribution is 7.90. The average molecular weight is 312 g/mol. The molecule has 0 aliphatic rings. The SMILES string of the molecule is CS(=O)(=O)CC(O)C(CN)c1ccc(Cl)cc1Cl. The van der Waals surface area contributed by atoms with Gasteiger partial charge in [0.05, 0.1) is 11.9 Å². The van der Waals surface area contributed by atoms with Crippen LogP contribution in [0.4, 0.5) is 0 Å². The van der Waals surface area contributed by atoms with Crippen molar-refractivity contribution in [3.05, 3.63) is 33.8 Å². The van der Waals surface area contributed by atoms with Crippen molar-refractivity contribution in [2.45, 2.75) is 12.0 Å². The van der Waals surface area contributed by atoms with Crippen molar-refractivity contribution in [3.63, 3.8) is 0 Å². The predicted octanol–water partition coefficient (Wildman–Crippen LogP) is 1.44. The van der Waals surface area contributed by atoms with Crippen LogP contribution in [0.25, 0.3) is 0 Å². The molecule has 0 spiro atoms. The van der Waals surface area contributed by atoms with Crippen LogP contribution in [0.5, 0.6) is 0 Å². The molecule has 0 aromatic heterocycles. The van der Waals surface area contributed by atoms with Gasteiger partial charge in [0.2, 0.25) is 0 Å². The predicted molar refractivity (Wildman–Crippen MR) is 74.0 cm³/mol. The maximum absolute atomic E-state index is 11.2. The zero-order valence-corrected chi connectivity index (χ0v) is 12.1. The molecule has 1 aromatic carbocycles. The lowest BCUT2D eigenvalue weighted by molar-refractivity contribution is 0.167. The number of halogens is 2. The number of nitrogens with two attached hydrogens (primary N) is 1. The molecule has 0 bridgehead atoms. The monoisotopic (exact) mass is 311 g/mol. The van der Waals surface area contributed by atoms with Gasteiger partial charge in [-0.25, -0.2) is 8.42 Å². The van der Waals surface area contributed by atoms with E-state index >= 15 is 0 Å². The minimum Gasteiger partial charge on any atom is -0.391 e. The number of aliphatic hydroxyl groups excluding tert-OH is 1. The number of aliphatic hydroxyl groups is 1. The van der Waals surface area contributed by atoms with Gasteiger partial charge < -0.3 is 10.8 Å². The summed E-state index contributed by atoms with van der Waals surface area (Å²) in [5.41, 5.74) is 6.18. The summed E-state index contributed by atoms with van der Waals surface area (Å²) in [6.45, 7) is 0.0953. The van der Waals surface area contributed by atoms with Crippen molar-refractivity contribution >= 4 is 33.0 Å². The standard InChI is InChI=1S/C11H15Cl2NO3S/c1-18(16,17)6-11(15)9(5-14)8-3-2-7(12)4-10(8)13/h2-4,9,11,15H,5-6,14H2,1H3. The Morgan fingerprint density at radius 2 is 2.00 bits per heavy atom. The van der Waals surface area contributed by atoms with E-state index in [1.54, 1.807) is 12.1 Å². The second-order valence-electron chi connectivity index (χ2n) is 4.17. The molecule has 102 valence electrons. The summed E-state index contributed by atoms with van der Waals surface area (Å²) in [5, 5.41) is 10.8. The lowest BCUT2D eigenvalue weighted by Gasteiger charge is -2.22. The molecule has 18 heavy (non-hydrogen) atoms. The third kappa shape index (κ3) is 4.40. The van der Waals surface area contributed by atoms with E-state index in [4.69, 9.17) is 28.9 Å². The van der Waals surface area contributed by atoms with Gasteiger partial charge in [-0.15, -0.1) is 0 Å². The van der Waals surface area contributed by atoms with E-state index in [2.05, 4.69) is 0 Å². The lowest BCUT2D eigenvalue weighted by Crippen LogP contribution is -2.32. The molecule has 2 unspecified atom stereocenters. The average Bonchev–Trinajstić information content (AvgIpc) is 2.19. The highest BCUT2D eigenvalue weighted by atomic mass is 35.5. The van der Waals surface area contributed by atoms with Gasteiger partial charge in [-0.1, -0.05) is 29.3 Å². The molecular weight excluding hydrogens is 297 g/mol. The zero-order valence-electron chi connectivity index (χ0n) is 9.81. The molecule has 2 atom stereocenters. The second-order valence-corrected chi connectivity index (χ2v) is 7.20. The first-order valence-electron chi connectivity index (χ1n) is 5.25. The number of rotatable bonds is 5. The van der Waals surface area contributed by atoms with Gasteiger partial charge >= 0.3 is 0 Å². The van der Waals surface area contributed by atoms with Gasteiger partial charge in [-0.2, -0.15) is 0 Å². The van der Waals surface area contributed by atoms with Crippen LogP contribution in [-0.2, 0) is 9.84 Å². The minimum atomic E-state index is -3.28. The van der Waals surface area contributed by atoms with Crippen LogP contribution in [0.15, 0.2) is 18.2 Å². The van der Waals surface area contributed by atoms with Crippen molar-refractivity contribution < 1.29 is 13.5 Å². The van der Waals surface area contributed by atoms with E-state index in [1.807, 2.05) is 0 Å². The number of benzene rings is 1. The molecule has 1 aromatic rings. The van der Waals surface area contributed by atoms with E-state index in [0.29, 0.717) is 15.6 Å². The van der Waals surface area contributed by atoms with Crippen LogP contribution in [0, 0.1) is 0 Å². The minimum absolute atomic E-state index is 0.0953. The maximum Gasteiger partial charge on any atom is 0.150 e. The quantitative estimate of drug-likeness (QED) is 0.862. The van der Waals surface area contributed by atoms with Gasteiger partial charge in [0.1, 0.15) is 9.84 Å². The Labute approximate surface area is 117 Å². The first-order valence-corrected chi connectivity index (χ1v) is 8.07. The van der Waals surface area contributed by atoms with Crippen molar-refractivity contribution in [1.82, 2.24) is 0 Å². The molecule has 4 nitrogen and oxygen atoms in total. The van der Waals surface area contributed by atoms with Gasteiger partial charge in [0.25, 0.3) is 0 Å². The fourth-order valence-electron chi connectivity index (χ4n) is 1.72. The largest absolute Gasteiger partial charge is 0.391 e. The number of hydrogen-bond donors (Lipinski definition) is 2. The molecule has 0 aliphatic carbocycles. The first-order chi connectivity index (χ1) is 8.24. The topological polar surface area (TPSA) is 80.4 Å². The van der Waals surface area contributed by atoms with Crippen LogP contribution >= 0.6 is 23.2 Å². The summed E-state index contributed by atoms with van der Waals surface area (Å²) in [6, 6.07) is 4.81. The van der Waals surface area contributed by atoms with Gasteiger partial charge in [-0.05, 0) is 17.7 Å². The van der Waals surface area contributed by atoms with E-state index in [1.165, 1.54) is 6.07 Å². The van der Waals surface area contributed by atoms with Crippen LogP contribution in [0.3, 0.4) is 0 Å². The van der Waals surface area contributed by atoms with Crippen molar-refractivity contribution in [2.24, 2.45) is 5.73 Å². The Hall–Kier alpha value is -0.330. The Bertz CT molecular complexity index is 519. The molecule has 0 radical (unpaired) electrons. The van der Waals surface area contributed by atoms with Crippen LogP contribution in [0.2, 0.25) is 10.0 Å². The molecule has 7 heteroatoms. The first kappa shape index (κ1) is 15.7. The van der Waals surface area contributed by atoms with Gasteiger partial charge in [0, 0.05) is 28.8 Å². The Kier molecular flexibility index (Phi) is 5.43. The summed E-state index contributed by atoms with van der Waals surface area (Å²) < 4.78 is 22.4. The molecule has 0 heterocycles. The highest BCUT2D eigenvalue weighted by Gasteiger charge is 2.25. The Balaban J connectivity index is 3.02. The highest BCUT2D eigenvalue weighted by Crippen LogP contribution is 2.29. The van der Waals surface area contributed by atoms with E-state index in [9.17, 15) is 13.5 Å². The van der Waals surface area contributed by atoms with E-state index < -0.39 is 21.9 Å².